The van der Waals surface area contributed by atoms with E-state index in [4.69, 9.17) is 11.6 Å². The molecule has 4 heteroatoms. The van der Waals surface area contributed by atoms with Crippen LogP contribution >= 0.6 is 11.6 Å². The Bertz CT molecular complexity index is 242. The summed E-state index contributed by atoms with van der Waals surface area (Å²) in [7, 11) is 1.85. The van der Waals surface area contributed by atoms with Crippen molar-refractivity contribution >= 4 is 18.3 Å². The minimum absolute atomic E-state index is 0.595. The summed E-state index contributed by atoms with van der Waals surface area (Å²) >= 11 is 5.83. The molecule has 0 amide bonds. The number of allylic oxidation sites excluding steroid dienone is 1. The zero-order valence-corrected chi connectivity index (χ0v) is 7.31. The van der Waals surface area contributed by atoms with Gasteiger partial charge in [-0.15, -0.1) is 0 Å². The molecular weight excluding hydrogens is 162 g/mol. The van der Waals surface area contributed by atoms with Crippen LogP contribution in [0.3, 0.4) is 0 Å². The smallest absolute Gasteiger partial charge is 0.126 e. The van der Waals surface area contributed by atoms with E-state index >= 15 is 0 Å². The van der Waals surface area contributed by atoms with Crippen LogP contribution in [-0.4, -0.2) is 18.8 Å². The van der Waals surface area contributed by atoms with Gasteiger partial charge in [0.1, 0.15) is 5.16 Å². The van der Waals surface area contributed by atoms with Crippen LogP contribution in [0.15, 0.2) is 27.6 Å². The van der Waals surface area contributed by atoms with E-state index in [9.17, 15) is 0 Å². The molecule has 0 saturated heterocycles. The minimum atomic E-state index is 0.595. The Kier molecular flexibility index (Phi) is 2.19. The highest BCUT2D eigenvalue weighted by atomic mass is 35.5. The summed E-state index contributed by atoms with van der Waals surface area (Å²) in [6.45, 7) is 5.33. The highest BCUT2D eigenvalue weighted by Crippen LogP contribution is 2.20. The number of hydrazine groups is 1. The predicted molar refractivity (Wildman–Crippen MR) is 47.1 cm³/mol. The number of halogens is 1. The lowest BCUT2D eigenvalue weighted by Gasteiger charge is -2.23. The second kappa shape index (κ2) is 2.96. The molecule has 0 unspecified atom stereocenters. The van der Waals surface area contributed by atoms with Crippen molar-refractivity contribution in [3.05, 3.63) is 22.6 Å². The van der Waals surface area contributed by atoms with Gasteiger partial charge >= 0.3 is 0 Å². The lowest BCUT2D eigenvalue weighted by molar-refractivity contribution is 0.369. The fourth-order valence-electron chi connectivity index (χ4n) is 0.823. The van der Waals surface area contributed by atoms with Crippen molar-refractivity contribution in [3.63, 3.8) is 0 Å². The maximum atomic E-state index is 5.83. The summed E-state index contributed by atoms with van der Waals surface area (Å²) in [5.41, 5.74) is 4.63. The molecule has 0 radical (unpaired) electrons. The van der Waals surface area contributed by atoms with Gasteiger partial charge in [-0.25, -0.2) is 0 Å². The van der Waals surface area contributed by atoms with Gasteiger partial charge in [0.15, 0.2) is 0 Å². The molecule has 11 heavy (non-hydrogen) atoms. The van der Waals surface area contributed by atoms with Crippen LogP contribution in [0.2, 0.25) is 0 Å². The number of nitrogens with zero attached hydrogens (tertiary/aromatic N) is 2. The Hall–Kier alpha value is -0.960. The van der Waals surface area contributed by atoms with Crippen molar-refractivity contribution in [2.24, 2.45) is 4.99 Å². The fraction of sp³-hybridized carbons (Fsp3) is 0.286. The van der Waals surface area contributed by atoms with E-state index in [1.54, 1.807) is 5.01 Å². The van der Waals surface area contributed by atoms with E-state index in [-0.39, 0.29) is 0 Å². The Balaban J connectivity index is 2.99. The highest BCUT2D eigenvalue weighted by molar-refractivity contribution is 6.29. The summed E-state index contributed by atoms with van der Waals surface area (Å²) in [5.74, 6) is 0. The molecule has 1 rings (SSSR count). The predicted octanol–water partition coefficient (Wildman–Crippen LogP) is 1.45. The number of aliphatic imine (C=N–C) groups is 1. The maximum absolute atomic E-state index is 5.83. The molecule has 1 heterocycles. The molecule has 0 aromatic heterocycles. The number of rotatable bonds is 1. The molecule has 1 N–H and O–H groups in total. The summed E-state index contributed by atoms with van der Waals surface area (Å²) in [5, 5.41) is 2.33. The first kappa shape index (κ1) is 8.14. The Morgan fingerprint density at radius 3 is 2.91 bits per heavy atom. The third kappa shape index (κ3) is 1.54. The summed E-state index contributed by atoms with van der Waals surface area (Å²) < 4.78 is 0. The molecule has 0 atom stereocenters. The van der Waals surface area contributed by atoms with Gasteiger partial charge in [-0.05, 0) is 13.6 Å². The van der Waals surface area contributed by atoms with Crippen molar-refractivity contribution in [3.8, 4) is 0 Å². The molecule has 1 aliphatic rings. The van der Waals surface area contributed by atoms with E-state index in [0.717, 1.165) is 11.3 Å². The van der Waals surface area contributed by atoms with Gasteiger partial charge < -0.3 is 0 Å². The molecule has 0 spiro atoms. The second-order valence-electron chi connectivity index (χ2n) is 2.33. The second-order valence-corrected chi connectivity index (χ2v) is 2.71. The quantitative estimate of drug-likeness (QED) is 0.478. The van der Waals surface area contributed by atoms with Crippen molar-refractivity contribution in [2.45, 2.75) is 6.92 Å². The molecule has 0 aromatic carbocycles. The van der Waals surface area contributed by atoms with Gasteiger partial charge in [0, 0.05) is 18.8 Å². The van der Waals surface area contributed by atoms with E-state index in [1.807, 2.05) is 20.2 Å². The van der Waals surface area contributed by atoms with Gasteiger partial charge in [-0.2, -0.15) is 0 Å². The molecule has 1 aliphatic heterocycles. The lowest BCUT2D eigenvalue weighted by Crippen LogP contribution is -2.31. The molecule has 0 fully saturated rings. The topological polar surface area (TPSA) is 27.6 Å². The standard InChI is InChI=1S/C7H10ClN3/c1-5-6(9-2)4-11(3)10-7(5)8/h4,10H,2H2,1,3H3. The van der Waals surface area contributed by atoms with E-state index < -0.39 is 0 Å². The van der Waals surface area contributed by atoms with Crippen LogP contribution in [0.1, 0.15) is 6.92 Å². The van der Waals surface area contributed by atoms with Crippen molar-refractivity contribution in [1.82, 2.24) is 10.4 Å². The average Bonchev–Trinajstić information content (AvgIpc) is 1.96. The van der Waals surface area contributed by atoms with Gasteiger partial charge in [0.2, 0.25) is 0 Å². The molecule has 0 aromatic rings. The first-order chi connectivity index (χ1) is 5.15. The minimum Gasteiger partial charge on any atom is -0.295 e. The molecule has 0 aliphatic carbocycles. The maximum Gasteiger partial charge on any atom is 0.126 e. The largest absolute Gasteiger partial charge is 0.295 e. The van der Waals surface area contributed by atoms with Crippen molar-refractivity contribution < 1.29 is 0 Å². The molecule has 0 saturated carbocycles. The van der Waals surface area contributed by atoms with E-state index in [2.05, 4.69) is 17.1 Å². The summed E-state index contributed by atoms with van der Waals surface area (Å²) in [6, 6.07) is 0. The monoisotopic (exact) mass is 171 g/mol. The normalized spacial score (nSPS) is 17.7. The van der Waals surface area contributed by atoms with Crippen LogP contribution < -0.4 is 5.43 Å². The van der Waals surface area contributed by atoms with Crippen LogP contribution in [0.25, 0.3) is 0 Å². The van der Waals surface area contributed by atoms with Gasteiger partial charge in [-0.3, -0.25) is 15.4 Å². The van der Waals surface area contributed by atoms with Crippen molar-refractivity contribution in [1.29, 1.82) is 0 Å². The van der Waals surface area contributed by atoms with Crippen LogP contribution in [0.4, 0.5) is 0 Å². The SMILES string of the molecule is C=NC1=CN(C)NC(Cl)=C1C. The van der Waals surface area contributed by atoms with Gasteiger partial charge in [0.25, 0.3) is 0 Å². The van der Waals surface area contributed by atoms with Gasteiger partial charge in [-0.1, -0.05) is 11.6 Å². The molecule has 3 nitrogen and oxygen atoms in total. The van der Waals surface area contributed by atoms with E-state index in [1.165, 1.54) is 0 Å². The molecule has 60 valence electrons. The van der Waals surface area contributed by atoms with Gasteiger partial charge in [0.05, 0.1) is 5.70 Å². The summed E-state index contributed by atoms with van der Waals surface area (Å²) in [4.78, 5) is 3.82. The zero-order chi connectivity index (χ0) is 8.43. The van der Waals surface area contributed by atoms with Crippen LogP contribution in [0, 0.1) is 0 Å². The number of hydrogen-bond donors (Lipinski definition) is 1. The molecule has 0 bridgehead atoms. The highest BCUT2D eigenvalue weighted by Gasteiger charge is 2.10. The van der Waals surface area contributed by atoms with Crippen molar-refractivity contribution in [2.75, 3.05) is 7.05 Å². The third-order valence-electron chi connectivity index (χ3n) is 1.47. The molecular formula is C7H10ClN3. The number of hydrogen-bond acceptors (Lipinski definition) is 3. The average molecular weight is 172 g/mol. The third-order valence-corrected chi connectivity index (χ3v) is 1.84. The fourth-order valence-corrected chi connectivity index (χ4v) is 1.05. The summed E-state index contributed by atoms with van der Waals surface area (Å²) in [6.07, 6.45) is 1.83. The Labute approximate surface area is 71.0 Å². The first-order valence-corrected chi connectivity index (χ1v) is 3.57. The first-order valence-electron chi connectivity index (χ1n) is 3.20. The lowest BCUT2D eigenvalue weighted by atomic mass is 10.2. The Morgan fingerprint density at radius 1 is 1.73 bits per heavy atom. The zero-order valence-electron chi connectivity index (χ0n) is 6.56. The van der Waals surface area contributed by atoms with E-state index in [0.29, 0.717) is 5.16 Å². The van der Waals surface area contributed by atoms with Crippen LogP contribution in [0.5, 0.6) is 0 Å². The Morgan fingerprint density at radius 2 is 2.36 bits per heavy atom. The number of nitrogens with one attached hydrogen (secondary N) is 1. The van der Waals surface area contributed by atoms with Crippen LogP contribution in [-0.2, 0) is 0 Å².